The number of fused-ring (bicyclic) bond motifs is 1. The number of benzene rings is 1. The lowest BCUT2D eigenvalue weighted by atomic mass is 10.2. The molecule has 0 atom stereocenters. The van der Waals surface area contributed by atoms with E-state index in [0.717, 1.165) is 0 Å². The van der Waals surface area contributed by atoms with E-state index in [-0.39, 0.29) is 16.9 Å². The Labute approximate surface area is 106 Å². The Bertz CT molecular complexity index is 888. The summed E-state index contributed by atoms with van der Waals surface area (Å²) in [5.74, 6) is 0.512. The molecule has 0 fully saturated rings. The predicted octanol–water partition coefficient (Wildman–Crippen LogP) is 0.322. The second-order valence-electron chi connectivity index (χ2n) is 4.15. The van der Waals surface area contributed by atoms with Crippen molar-refractivity contribution in [1.29, 1.82) is 0 Å². The lowest BCUT2D eigenvalue weighted by Crippen LogP contribution is -2.28. The Morgan fingerprint density at radius 2 is 2.05 bits per heavy atom. The molecule has 3 rings (SSSR count). The molecule has 0 radical (unpaired) electrons. The highest BCUT2D eigenvalue weighted by atomic mass is 16.3. The number of H-pyrrole nitrogens is 2. The van der Waals surface area contributed by atoms with Crippen LogP contribution in [0.1, 0.15) is 0 Å². The zero-order chi connectivity index (χ0) is 13.6. The quantitative estimate of drug-likeness (QED) is 0.584. The van der Waals surface area contributed by atoms with Crippen LogP contribution >= 0.6 is 0 Å². The van der Waals surface area contributed by atoms with Crippen LogP contribution in [0.15, 0.2) is 33.9 Å². The summed E-state index contributed by atoms with van der Waals surface area (Å²) in [4.78, 5) is 32.4. The van der Waals surface area contributed by atoms with E-state index in [1.54, 1.807) is 12.1 Å². The second kappa shape index (κ2) is 3.84. The molecule has 7 heteroatoms. The van der Waals surface area contributed by atoms with E-state index in [9.17, 15) is 14.7 Å². The molecule has 2 aromatic heterocycles. The number of rotatable bonds is 1. The maximum atomic E-state index is 11.7. The van der Waals surface area contributed by atoms with Gasteiger partial charge in [0.25, 0.3) is 5.56 Å². The van der Waals surface area contributed by atoms with Crippen LogP contribution in [0.2, 0.25) is 0 Å². The Morgan fingerprint density at radius 3 is 2.79 bits per heavy atom. The Hall–Kier alpha value is -2.83. The summed E-state index contributed by atoms with van der Waals surface area (Å²) in [7, 11) is 1.52. The SMILES string of the molecule is Cn1c(=O)[nH]c(=O)c2[nH]c(-c3cccc(O)c3)nc21. The van der Waals surface area contributed by atoms with Gasteiger partial charge in [0.05, 0.1) is 0 Å². The first-order valence-electron chi connectivity index (χ1n) is 5.54. The third-order valence-corrected chi connectivity index (χ3v) is 2.87. The Morgan fingerprint density at radius 1 is 1.26 bits per heavy atom. The van der Waals surface area contributed by atoms with Crippen molar-refractivity contribution in [2.24, 2.45) is 7.05 Å². The van der Waals surface area contributed by atoms with Crippen LogP contribution in [-0.4, -0.2) is 24.6 Å². The fraction of sp³-hybridized carbons (Fsp3) is 0.0833. The molecule has 96 valence electrons. The fourth-order valence-corrected chi connectivity index (χ4v) is 1.89. The van der Waals surface area contributed by atoms with Gasteiger partial charge in [0.15, 0.2) is 5.65 Å². The van der Waals surface area contributed by atoms with Crippen molar-refractivity contribution in [3.63, 3.8) is 0 Å². The molecule has 7 nitrogen and oxygen atoms in total. The molecular weight excluding hydrogens is 248 g/mol. The molecule has 0 spiro atoms. The van der Waals surface area contributed by atoms with Gasteiger partial charge in [-0.2, -0.15) is 0 Å². The minimum absolute atomic E-state index is 0.0979. The van der Waals surface area contributed by atoms with E-state index >= 15 is 0 Å². The van der Waals surface area contributed by atoms with Crippen molar-refractivity contribution in [2.45, 2.75) is 0 Å². The van der Waals surface area contributed by atoms with Crippen molar-refractivity contribution in [1.82, 2.24) is 19.5 Å². The molecule has 0 aliphatic carbocycles. The maximum Gasteiger partial charge on any atom is 0.329 e. The van der Waals surface area contributed by atoms with Crippen molar-refractivity contribution in [2.75, 3.05) is 0 Å². The number of hydrogen-bond donors (Lipinski definition) is 3. The number of aromatic amines is 2. The highest BCUT2D eigenvalue weighted by Gasteiger charge is 2.11. The van der Waals surface area contributed by atoms with E-state index in [4.69, 9.17) is 0 Å². The molecule has 2 heterocycles. The number of imidazole rings is 1. The van der Waals surface area contributed by atoms with Crippen LogP contribution in [0.5, 0.6) is 5.75 Å². The van der Waals surface area contributed by atoms with Crippen LogP contribution in [0, 0.1) is 0 Å². The normalized spacial score (nSPS) is 11.0. The minimum atomic E-state index is -0.522. The van der Waals surface area contributed by atoms with Gasteiger partial charge >= 0.3 is 5.69 Å². The van der Waals surface area contributed by atoms with Crippen molar-refractivity contribution in [3.8, 4) is 17.1 Å². The summed E-state index contributed by atoms with van der Waals surface area (Å²) < 4.78 is 1.25. The first-order chi connectivity index (χ1) is 9.06. The molecule has 0 saturated heterocycles. The van der Waals surface area contributed by atoms with Gasteiger partial charge in [0, 0.05) is 12.6 Å². The number of aromatic nitrogens is 4. The largest absolute Gasteiger partial charge is 0.508 e. The number of hydrogen-bond acceptors (Lipinski definition) is 4. The van der Waals surface area contributed by atoms with E-state index < -0.39 is 11.2 Å². The molecule has 0 unspecified atom stereocenters. The van der Waals surface area contributed by atoms with E-state index in [0.29, 0.717) is 11.4 Å². The number of phenols is 1. The van der Waals surface area contributed by atoms with Gasteiger partial charge < -0.3 is 10.1 Å². The van der Waals surface area contributed by atoms with Crippen molar-refractivity contribution >= 4 is 11.2 Å². The van der Waals surface area contributed by atoms with Gasteiger partial charge in [0.1, 0.15) is 17.1 Å². The summed E-state index contributed by atoms with van der Waals surface area (Å²) in [6.07, 6.45) is 0. The van der Waals surface area contributed by atoms with Crippen molar-refractivity contribution < 1.29 is 5.11 Å². The lowest BCUT2D eigenvalue weighted by Gasteiger charge is -1.96. The number of nitrogens with zero attached hydrogens (tertiary/aromatic N) is 2. The summed E-state index contributed by atoms with van der Waals surface area (Å²) in [5.41, 5.74) is 0.0825. The van der Waals surface area contributed by atoms with Crippen LogP contribution in [-0.2, 0) is 7.05 Å². The number of phenolic OH excluding ortho intramolecular Hbond substituents is 1. The first kappa shape index (κ1) is 11.3. The highest BCUT2D eigenvalue weighted by molar-refractivity contribution is 5.75. The standard InChI is InChI=1S/C12H10N4O3/c1-16-10-8(11(18)15-12(16)19)13-9(14-10)6-3-2-4-7(17)5-6/h2-5,17H,1H3,(H,13,14)(H,15,18,19). The smallest absolute Gasteiger partial charge is 0.329 e. The Balaban J connectivity index is 2.34. The Kier molecular flexibility index (Phi) is 2.28. The lowest BCUT2D eigenvalue weighted by molar-refractivity contribution is 0.475. The average Bonchev–Trinajstić information content (AvgIpc) is 2.82. The molecular formula is C12H10N4O3. The van der Waals surface area contributed by atoms with Gasteiger partial charge in [-0.1, -0.05) is 12.1 Å². The molecule has 0 aliphatic heterocycles. The molecule has 3 N–H and O–H groups in total. The van der Waals surface area contributed by atoms with Gasteiger partial charge in [-0.15, -0.1) is 0 Å². The number of aryl methyl sites for hydroxylation is 1. The molecule has 0 bridgehead atoms. The van der Waals surface area contributed by atoms with Gasteiger partial charge in [-0.25, -0.2) is 9.78 Å². The van der Waals surface area contributed by atoms with Crippen LogP contribution < -0.4 is 11.2 Å². The molecule has 0 aliphatic rings. The average molecular weight is 258 g/mol. The monoisotopic (exact) mass is 258 g/mol. The summed E-state index contributed by atoms with van der Waals surface area (Å²) in [5, 5.41) is 9.44. The summed E-state index contributed by atoms with van der Waals surface area (Å²) in [6, 6.07) is 6.46. The van der Waals surface area contributed by atoms with Crippen LogP contribution in [0.3, 0.4) is 0 Å². The topological polar surface area (TPSA) is 104 Å². The van der Waals surface area contributed by atoms with Gasteiger partial charge in [0.2, 0.25) is 0 Å². The van der Waals surface area contributed by atoms with Crippen LogP contribution in [0.4, 0.5) is 0 Å². The summed E-state index contributed by atoms with van der Waals surface area (Å²) in [6.45, 7) is 0. The zero-order valence-corrected chi connectivity index (χ0v) is 9.97. The fourth-order valence-electron chi connectivity index (χ4n) is 1.89. The highest BCUT2D eigenvalue weighted by Crippen LogP contribution is 2.21. The van der Waals surface area contributed by atoms with E-state index in [1.165, 1.54) is 23.7 Å². The molecule has 0 amide bonds. The number of nitrogens with one attached hydrogen (secondary N) is 2. The summed E-state index contributed by atoms with van der Waals surface area (Å²) >= 11 is 0. The third-order valence-electron chi connectivity index (χ3n) is 2.87. The second-order valence-corrected chi connectivity index (χ2v) is 4.15. The number of aromatic hydroxyl groups is 1. The third kappa shape index (κ3) is 1.71. The van der Waals surface area contributed by atoms with Crippen LogP contribution in [0.25, 0.3) is 22.6 Å². The molecule has 19 heavy (non-hydrogen) atoms. The maximum absolute atomic E-state index is 11.7. The molecule has 0 saturated carbocycles. The van der Waals surface area contributed by atoms with E-state index in [1.807, 2.05) is 0 Å². The molecule has 3 aromatic rings. The van der Waals surface area contributed by atoms with Gasteiger partial charge in [-0.05, 0) is 12.1 Å². The van der Waals surface area contributed by atoms with Crippen molar-refractivity contribution in [3.05, 3.63) is 45.1 Å². The van der Waals surface area contributed by atoms with E-state index in [2.05, 4.69) is 15.0 Å². The first-order valence-corrected chi connectivity index (χ1v) is 5.54. The minimum Gasteiger partial charge on any atom is -0.508 e. The predicted molar refractivity (Wildman–Crippen MR) is 69.1 cm³/mol. The van der Waals surface area contributed by atoms with Gasteiger partial charge in [-0.3, -0.25) is 14.3 Å². The molecule has 1 aromatic carbocycles. The zero-order valence-electron chi connectivity index (χ0n) is 9.97.